The van der Waals surface area contributed by atoms with Gasteiger partial charge in [0.1, 0.15) is 0 Å². The third kappa shape index (κ3) is 7.76. The summed E-state index contributed by atoms with van der Waals surface area (Å²) >= 11 is -2.39. The molecule has 0 atom stereocenters. The summed E-state index contributed by atoms with van der Waals surface area (Å²) < 4.78 is 101. The Morgan fingerprint density at radius 3 is 2.12 bits per heavy atom. The van der Waals surface area contributed by atoms with Crippen molar-refractivity contribution in [1.82, 2.24) is 9.97 Å². The van der Waals surface area contributed by atoms with Crippen LogP contribution >= 0.6 is 0 Å². The van der Waals surface area contributed by atoms with Gasteiger partial charge in [0, 0.05) is 34.5 Å². The molecule has 0 saturated carbocycles. The van der Waals surface area contributed by atoms with Crippen LogP contribution in [0.5, 0.6) is 0 Å². The monoisotopic (exact) mass is 929 g/mol. The molecule has 8 aromatic rings. The van der Waals surface area contributed by atoms with Crippen molar-refractivity contribution in [2.45, 2.75) is 44.7 Å². The molecule has 1 radical (unpaired) electrons. The van der Waals surface area contributed by atoms with E-state index in [0.29, 0.717) is 39.2 Å². The third-order valence-electron chi connectivity index (χ3n) is 8.73. The van der Waals surface area contributed by atoms with E-state index in [9.17, 15) is 0 Å². The summed E-state index contributed by atoms with van der Waals surface area (Å²) in [4.78, 5) is 8.64. The Balaban J connectivity index is 0.000000272. The van der Waals surface area contributed by atoms with Gasteiger partial charge in [-0.25, -0.2) is 0 Å². The topological polar surface area (TPSA) is 38.9 Å². The van der Waals surface area contributed by atoms with Gasteiger partial charge in [-0.15, -0.1) is 35.4 Å². The molecule has 261 valence electrons. The zero-order valence-electron chi connectivity index (χ0n) is 40.8. The molecule has 0 aliphatic carbocycles. The smallest absolute Gasteiger partial charge is 0 e. The number of rotatable bonds is 5. The van der Waals surface area contributed by atoms with Crippen LogP contribution in [0.4, 0.5) is 0 Å². The van der Waals surface area contributed by atoms with Gasteiger partial charge >= 0.3 is 182 Å². The van der Waals surface area contributed by atoms with Crippen molar-refractivity contribution in [2.75, 3.05) is 0 Å². The fraction of sp³-hybridized carbons (Fsp3) is 0.149. The molecule has 0 aliphatic rings. The van der Waals surface area contributed by atoms with E-state index in [1.807, 2.05) is 60.7 Å². The molecule has 3 nitrogen and oxygen atoms in total. The summed E-state index contributed by atoms with van der Waals surface area (Å²) in [6.45, 7) is -9.28. The number of furan rings is 1. The van der Waals surface area contributed by atoms with Crippen LogP contribution in [0.25, 0.3) is 66.7 Å². The number of pyridine rings is 2. The maximum Gasteiger partial charge on any atom is 0 e. The summed E-state index contributed by atoms with van der Waals surface area (Å²) in [5.41, 5.74) is 6.69. The second-order valence-corrected chi connectivity index (χ2v) is 23.9. The average molecular weight is 928 g/mol. The average Bonchev–Trinajstić information content (AvgIpc) is 3.62. The molecule has 3 aromatic heterocycles. The Morgan fingerprint density at radius 1 is 0.615 bits per heavy atom. The van der Waals surface area contributed by atoms with Crippen LogP contribution < -0.4 is 4.40 Å². The molecule has 52 heavy (non-hydrogen) atoms. The largest absolute Gasteiger partial charge is 0 e. The van der Waals surface area contributed by atoms with Gasteiger partial charge in [-0.05, 0) is 23.7 Å². The van der Waals surface area contributed by atoms with Gasteiger partial charge in [-0.1, -0.05) is 61.4 Å². The van der Waals surface area contributed by atoms with E-state index in [0.717, 1.165) is 31.9 Å². The minimum atomic E-state index is -2.51. The van der Waals surface area contributed by atoms with E-state index >= 15 is 0 Å². The molecular weight excluding hydrogens is 873 g/mol. The van der Waals surface area contributed by atoms with Crippen LogP contribution in [0, 0.1) is 39.5 Å². The van der Waals surface area contributed by atoms with Crippen molar-refractivity contribution in [2.24, 2.45) is 0 Å². The first-order chi connectivity index (χ1) is 29.4. The van der Waals surface area contributed by atoms with Crippen LogP contribution in [0.1, 0.15) is 38.7 Å². The summed E-state index contributed by atoms with van der Waals surface area (Å²) in [6, 6.07) is 40.6. The normalized spacial score (nSPS) is 15.6. The zero-order chi connectivity index (χ0) is 45.7. The Morgan fingerprint density at radius 2 is 1.40 bits per heavy atom. The van der Waals surface area contributed by atoms with E-state index in [1.165, 1.54) is 30.6 Å². The standard InChI is InChI=1S/C34H30GeNO.C13H12N.Ir/c1-22-19-25(35(3,4)5)17-18-26(22)31-20-32(36-21-23(31)2)30-16-10-15-29-28-14-9-13-27(33(28)37-34(29)30)24-11-7-6-8-12-24;1-10-3-6-12(7-4-10)13-8-5-11(2)9-14-13;/h6-15,17-21H,1-5H3;3-6,8-9H,1-2H3;/q2*-1;/i2*1D3,2D3;. The SMILES string of the molecule is [2H]C([2H])([2H])c1c[c-]c(-c2ccc(C([2H])([2H])[2H])cn2)cc1.[2H]C([2H])([2H])c1cnc(-c2[c-]ccc3c2oc2c(-c4ccccc4)cccc23)cc1-c1cc[c]([Ge]([CH3])([CH3])[CH3])cc1C([2H])([2H])[2H].[Ir]. The van der Waals surface area contributed by atoms with Gasteiger partial charge in [0.25, 0.3) is 0 Å². The van der Waals surface area contributed by atoms with Crippen molar-refractivity contribution in [3.63, 3.8) is 0 Å². The van der Waals surface area contributed by atoms with Crippen molar-refractivity contribution in [1.29, 1.82) is 0 Å². The number of hydrogen-bond donors (Lipinski definition) is 0. The Hall–Kier alpha value is -4.61. The Bertz CT molecular complexity index is 2860. The van der Waals surface area contributed by atoms with Crippen LogP contribution in [-0.2, 0) is 20.1 Å². The molecule has 8 rings (SSSR count). The van der Waals surface area contributed by atoms with E-state index in [-0.39, 0.29) is 42.4 Å². The van der Waals surface area contributed by atoms with Gasteiger partial charge < -0.3 is 4.98 Å². The van der Waals surface area contributed by atoms with Crippen molar-refractivity contribution < 1.29 is 41.0 Å². The molecule has 0 amide bonds. The first-order valence-corrected chi connectivity index (χ1v) is 23.8. The van der Waals surface area contributed by atoms with Crippen molar-refractivity contribution in [3.05, 3.63) is 162 Å². The van der Waals surface area contributed by atoms with E-state index in [1.54, 1.807) is 36.4 Å². The number of nitrogens with zero attached hydrogens (tertiary/aromatic N) is 2. The zero-order valence-corrected chi connectivity index (χ0v) is 33.3. The quantitative estimate of drug-likeness (QED) is 0.128. The number of aryl methyl sites for hydroxylation is 4. The maximum absolute atomic E-state index is 8.35. The molecule has 0 fully saturated rings. The van der Waals surface area contributed by atoms with Crippen LogP contribution in [0.3, 0.4) is 0 Å². The molecule has 0 aliphatic heterocycles. The number of benzene rings is 5. The van der Waals surface area contributed by atoms with E-state index in [4.69, 9.17) is 20.9 Å². The predicted molar refractivity (Wildman–Crippen MR) is 217 cm³/mol. The molecule has 0 N–H and O–H groups in total. The molecule has 0 spiro atoms. The third-order valence-corrected chi connectivity index (χ3v) is 13.0. The maximum atomic E-state index is 8.35. The van der Waals surface area contributed by atoms with Crippen molar-refractivity contribution >= 4 is 39.6 Å². The molecule has 0 bridgehead atoms. The van der Waals surface area contributed by atoms with Gasteiger partial charge in [0.2, 0.25) is 0 Å². The van der Waals surface area contributed by atoms with Crippen molar-refractivity contribution in [3.8, 4) is 44.8 Å². The number of fused-ring (bicyclic) bond motifs is 3. The predicted octanol–water partition coefficient (Wildman–Crippen LogP) is 12.1. The fourth-order valence-corrected chi connectivity index (χ4v) is 8.43. The Labute approximate surface area is 340 Å². The van der Waals surface area contributed by atoms with Gasteiger partial charge in [-0.3, -0.25) is 0 Å². The molecule has 3 heterocycles. The first-order valence-electron chi connectivity index (χ1n) is 22.5. The van der Waals surface area contributed by atoms with Gasteiger partial charge in [0.15, 0.2) is 0 Å². The first kappa shape index (κ1) is 24.6. The minimum Gasteiger partial charge on any atom is 0 e. The summed E-state index contributed by atoms with van der Waals surface area (Å²) in [7, 11) is 0. The molecule has 0 saturated heterocycles. The van der Waals surface area contributed by atoms with Crippen LogP contribution in [0.15, 0.2) is 132 Å². The number of aromatic nitrogens is 2. The molecule has 5 aromatic carbocycles. The number of hydrogen-bond acceptors (Lipinski definition) is 3. The summed E-state index contributed by atoms with van der Waals surface area (Å²) in [5, 5.41) is 1.83. The van der Waals surface area contributed by atoms with Crippen LogP contribution in [0.2, 0.25) is 17.3 Å². The fourth-order valence-electron chi connectivity index (χ4n) is 6.00. The van der Waals surface area contributed by atoms with Gasteiger partial charge in [-0.2, -0.15) is 0 Å². The second-order valence-electron chi connectivity index (χ2n) is 13.3. The molecule has 0 unspecified atom stereocenters. The van der Waals surface area contributed by atoms with E-state index < -0.39 is 40.7 Å². The molecular formula is C47H42GeIrN2O-2. The Kier molecular flexibility index (Phi) is 7.36. The summed E-state index contributed by atoms with van der Waals surface area (Å²) in [6.07, 6.45) is 2.63. The van der Waals surface area contributed by atoms with E-state index in [2.05, 4.69) is 39.4 Å². The minimum absolute atomic E-state index is 0. The molecule has 5 heteroatoms. The van der Waals surface area contributed by atoms with Gasteiger partial charge in [0.05, 0.1) is 0 Å². The van der Waals surface area contributed by atoms with Crippen LogP contribution in [-0.4, -0.2) is 23.2 Å². The number of para-hydroxylation sites is 1. The second kappa shape index (κ2) is 15.6. The summed E-state index contributed by atoms with van der Waals surface area (Å²) in [5.74, 6) is 6.59.